The summed E-state index contributed by atoms with van der Waals surface area (Å²) < 4.78 is 43.4. The number of alkyl halides is 3. The van der Waals surface area contributed by atoms with Crippen molar-refractivity contribution in [2.24, 2.45) is 0 Å². The number of fused-ring (bicyclic) bond motifs is 1. The molecule has 2 aromatic carbocycles. The van der Waals surface area contributed by atoms with Crippen molar-refractivity contribution in [2.45, 2.75) is 32.6 Å². The molecule has 0 fully saturated rings. The van der Waals surface area contributed by atoms with Crippen molar-refractivity contribution in [3.05, 3.63) is 106 Å². The lowest BCUT2D eigenvalue weighted by atomic mass is 10.0. The summed E-state index contributed by atoms with van der Waals surface area (Å²) in [6.45, 7) is 3.81. The zero-order chi connectivity index (χ0) is 24.0. The normalized spacial score (nSPS) is 15.3. The standard InChI is InChI=1S/C26H20F3N5/c1-16-6-5-8-19(12-16)33-11-10-31-25(33)23-20-9-4-3-7-18(20)15-34(23)24-21(14-30)22(26(27,28)29)13-17(2)32-24/h3-13,23H,15H2,1-2H3. The van der Waals surface area contributed by atoms with E-state index in [1.165, 1.54) is 6.92 Å². The van der Waals surface area contributed by atoms with Gasteiger partial charge in [0.05, 0.1) is 5.56 Å². The molecule has 0 amide bonds. The second kappa shape index (κ2) is 8.03. The van der Waals surface area contributed by atoms with Crippen LogP contribution in [0.4, 0.5) is 19.0 Å². The van der Waals surface area contributed by atoms with Crippen LogP contribution in [0.2, 0.25) is 0 Å². The van der Waals surface area contributed by atoms with Crippen LogP contribution in [0.1, 0.15) is 45.4 Å². The monoisotopic (exact) mass is 459 g/mol. The van der Waals surface area contributed by atoms with Crippen LogP contribution in [0.5, 0.6) is 0 Å². The highest BCUT2D eigenvalue weighted by molar-refractivity contribution is 5.64. The van der Waals surface area contributed by atoms with Gasteiger partial charge in [0, 0.05) is 30.3 Å². The number of aromatic nitrogens is 3. The molecule has 1 aliphatic heterocycles. The number of anilines is 1. The minimum absolute atomic E-state index is 0.00909. The van der Waals surface area contributed by atoms with Crippen LogP contribution in [-0.4, -0.2) is 14.5 Å². The van der Waals surface area contributed by atoms with E-state index in [1.54, 1.807) is 17.2 Å². The highest BCUT2D eigenvalue weighted by Crippen LogP contribution is 2.44. The number of pyridine rings is 1. The van der Waals surface area contributed by atoms with E-state index in [2.05, 4.69) is 9.97 Å². The molecule has 0 bridgehead atoms. The molecule has 3 heterocycles. The van der Waals surface area contributed by atoms with Crippen LogP contribution in [0.25, 0.3) is 5.69 Å². The van der Waals surface area contributed by atoms with Gasteiger partial charge >= 0.3 is 6.18 Å². The first-order valence-corrected chi connectivity index (χ1v) is 10.7. The summed E-state index contributed by atoms with van der Waals surface area (Å²) in [5, 5.41) is 9.77. The van der Waals surface area contributed by atoms with Gasteiger partial charge in [-0.05, 0) is 48.7 Å². The molecule has 8 heteroatoms. The molecule has 0 saturated heterocycles. The van der Waals surface area contributed by atoms with Crippen LogP contribution >= 0.6 is 0 Å². The molecule has 0 saturated carbocycles. The van der Waals surface area contributed by atoms with Gasteiger partial charge in [0.15, 0.2) is 0 Å². The Balaban J connectivity index is 1.73. The highest BCUT2D eigenvalue weighted by Gasteiger charge is 2.41. The number of hydrogen-bond acceptors (Lipinski definition) is 4. The largest absolute Gasteiger partial charge is 0.417 e. The van der Waals surface area contributed by atoms with Crippen molar-refractivity contribution >= 4 is 5.82 Å². The SMILES string of the molecule is Cc1cccc(-n2ccnc2C2c3ccccc3CN2c2nc(C)cc(C(F)(F)F)c2C#N)c1. The smallest absolute Gasteiger partial charge is 0.337 e. The molecule has 1 atom stereocenters. The predicted molar refractivity (Wildman–Crippen MR) is 121 cm³/mol. The number of nitrogens with zero attached hydrogens (tertiary/aromatic N) is 5. The fourth-order valence-corrected chi connectivity index (χ4v) is 4.58. The van der Waals surface area contributed by atoms with Crippen LogP contribution in [0.3, 0.4) is 0 Å². The van der Waals surface area contributed by atoms with Crippen molar-refractivity contribution in [2.75, 3.05) is 4.90 Å². The van der Waals surface area contributed by atoms with Gasteiger partial charge in [-0.1, -0.05) is 36.4 Å². The molecule has 5 rings (SSSR count). The summed E-state index contributed by atoms with van der Waals surface area (Å²) in [7, 11) is 0. The van der Waals surface area contributed by atoms with Gasteiger partial charge in [0.1, 0.15) is 29.3 Å². The summed E-state index contributed by atoms with van der Waals surface area (Å²) >= 11 is 0. The van der Waals surface area contributed by atoms with E-state index < -0.39 is 23.3 Å². The van der Waals surface area contributed by atoms with Crippen molar-refractivity contribution in [3.8, 4) is 11.8 Å². The van der Waals surface area contributed by atoms with E-state index in [0.717, 1.165) is 28.4 Å². The lowest BCUT2D eigenvalue weighted by Crippen LogP contribution is -2.28. The number of aryl methyl sites for hydroxylation is 2. The Morgan fingerprint density at radius 2 is 1.85 bits per heavy atom. The number of rotatable bonds is 3. The summed E-state index contributed by atoms with van der Waals surface area (Å²) in [4.78, 5) is 10.8. The lowest BCUT2D eigenvalue weighted by Gasteiger charge is -2.28. The Hall–Kier alpha value is -4.12. The number of benzene rings is 2. The zero-order valence-electron chi connectivity index (χ0n) is 18.5. The van der Waals surface area contributed by atoms with E-state index in [9.17, 15) is 18.4 Å². The third-order valence-corrected chi connectivity index (χ3v) is 6.01. The van der Waals surface area contributed by atoms with Crippen molar-refractivity contribution in [3.63, 3.8) is 0 Å². The zero-order valence-corrected chi connectivity index (χ0v) is 18.5. The van der Waals surface area contributed by atoms with Crippen LogP contribution in [0, 0.1) is 25.2 Å². The molecular formula is C26H20F3N5. The molecule has 4 aromatic rings. The fraction of sp³-hybridized carbons (Fsp3) is 0.192. The lowest BCUT2D eigenvalue weighted by molar-refractivity contribution is -0.137. The molecular weight excluding hydrogens is 439 g/mol. The number of halogens is 3. The Labute approximate surface area is 194 Å². The van der Waals surface area contributed by atoms with E-state index in [-0.39, 0.29) is 11.5 Å². The van der Waals surface area contributed by atoms with E-state index in [1.807, 2.05) is 66.2 Å². The van der Waals surface area contributed by atoms with E-state index in [0.29, 0.717) is 12.4 Å². The molecule has 34 heavy (non-hydrogen) atoms. The van der Waals surface area contributed by atoms with Gasteiger partial charge in [-0.3, -0.25) is 0 Å². The molecule has 0 radical (unpaired) electrons. The van der Waals surface area contributed by atoms with Crippen LogP contribution in [-0.2, 0) is 12.7 Å². The molecule has 5 nitrogen and oxygen atoms in total. The van der Waals surface area contributed by atoms with E-state index in [4.69, 9.17) is 0 Å². The molecule has 1 aliphatic rings. The first kappa shape index (κ1) is 21.7. The van der Waals surface area contributed by atoms with E-state index >= 15 is 0 Å². The first-order valence-electron chi connectivity index (χ1n) is 10.7. The van der Waals surface area contributed by atoms with Crippen LogP contribution in [0.15, 0.2) is 67.0 Å². The quantitative estimate of drug-likeness (QED) is 0.384. The maximum atomic E-state index is 13.8. The van der Waals surface area contributed by atoms with Gasteiger partial charge in [0.2, 0.25) is 0 Å². The van der Waals surface area contributed by atoms with Crippen molar-refractivity contribution in [1.29, 1.82) is 5.26 Å². The van der Waals surface area contributed by atoms with Gasteiger partial charge < -0.3 is 9.47 Å². The molecule has 0 aliphatic carbocycles. The summed E-state index contributed by atoms with van der Waals surface area (Å²) in [6.07, 6.45) is -1.17. The molecule has 1 unspecified atom stereocenters. The maximum absolute atomic E-state index is 13.8. The van der Waals surface area contributed by atoms with Gasteiger partial charge in [-0.25, -0.2) is 9.97 Å². The molecule has 0 N–H and O–H groups in total. The number of hydrogen-bond donors (Lipinski definition) is 0. The predicted octanol–water partition coefficient (Wildman–Crippen LogP) is 5.88. The van der Waals surface area contributed by atoms with Crippen molar-refractivity contribution < 1.29 is 13.2 Å². The Bertz CT molecular complexity index is 1430. The maximum Gasteiger partial charge on any atom is 0.417 e. The average Bonchev–Trinajstić information content (AvgIpc) is 3.42. The minimum atomic E-state index is -4.67. The Kier molecular flexibility index (Phi) is 5.13. The van der Waals surface area contributed by atoms with Gasteiger partial charge in [0.25, 0.3) is 0 Å². The second-order valence-corrected chi connectivity index (χ2v) is 8.34. The molecule has 170 valence electrons. The molecule has 2 aromatic heterocycles. The van der Waals surface area contributed by atoms with Crippen LogP contribution < -0.4 is 4.90 Å². The number of nitriles is 1. The summed E-state index contributed by atoms with van der Waals surface area (Å²) in [5.74, 6) is 0.645. The third-order valence-electron chi connectivity index (χ3n) is 6.01. The number of imidazole rings is 1. The average molecular weight is 459 g/mol. The van der Waals surface area contributed by atoms with Gasteiger partial charge in [-0.2, -0.15) is 18.4 Å². The topological polar surface area (TPSA) is 57.7 Å². The highest BCUT2D eigenvalue weighted by atomic mass is 19.4. The summed E-state index contributed by atoms with van der Waals surface area (Å²) in [6, 6.07) is 17.8. The Morgan fingerprint density at radius 1 is 1.06 bits per heavy atom. The Morgan fingerprint density at radius 3 is 2.59 bits per heavy atom. The van der Waals surface area contributed by atoms with Gasteiger partial charge in [-0.15, -0.1) is 0 Å². The molecule has 0 spiro atoms. The third kappa shape index (κ3) is 3.59. The first-order chi connectivity index (χ1) is 16.3. The minimum Gasteiger partial charge on any atom is -0.337 e. The summed E-state index contributed by atoms with van der Waals surface area (Å²) in [5.41, 5.74) is 2.57. The fourth-order valence-electron chi connectivity index (χ4n) is 4.58. The van der Waals surface area contributed by atoms with Crippen molar-refractivity contribution in [1.82, 2.24) is 14.5 Å². The second-order valence-electron chi connectivity index (χ2n) is 8.34.